The molecule has 4 heterocycles. The van der Waals surface area contributed by atoms with Crippen LogP contribution in [0.2, 0.25) is 0 Å². The molecule has 6 heteroatoms. The molecule has 2 aromatic rings. The first-order valence-electron chi connectivity index (χ1n) is 10.00. The molecule has 0 N–H and O–H groups in total. The predicted molar refractivity (Wildman–Crippen MR) is 102 cm³/mol. The average Bonchev–Trinajstić information content (AvgIpc) is 3.30. The summed E-state index contributed by atoms with van der Waals surface area (Å²) in [5, 5.41) is 4.09. The van der Waals surface area contributed by atoms with Crippen molar-refractivity contribution in [1.82, 2.24) is 20.0 Å². The topological polar surface area (TPSA) is 58.3 Å². The molecule has 4 rings (SSSR count). The molecule has 1 atom stereocenters. The highest BCUT2D eigenvalue weighted by atomic mass is 16.5. The molecule has 0 radical (unpaired) electrons. The number of anilines is 1. The van der Waals surface area contributed by atoms with Gasteiger partial charge in [0.25, 0.3) is 5.89 Å². The molecule has 0 saturated carbocycles. The maximum atomic E-state index is 5.47. The van der Waals surface area contributed by atoms with Gasteiger partial charge in [-0.05, 0) is 50.9 Å². The highest BCUT2D eigenvalue weighted by Gasteiger charge is 2.26. The lowest BCUT2D eigenvalue weighted by Crippen LogP contribution is -2.41. The summed E-state index contributed by atoms with van der Waals surface area (Å²) in [6.07, 6.45) is 8.39. The number of aromatic nitrogens is 3. The standard InChI is InChI=1S/C20H29N5O/c1-15(2)19-22-20(26-23-19)16-8-9-21-18(13-16)25-12-4-3-7-17(14-25)24-10-5-6-11-24/h8-9,13,15,17H,3-7,10-12,14H2,1-2H3. The van der Waals surface area contributed by atoms with E-state index in [1.54, 1.807) is 0 Å². The van der Waals surface area contributed by atoms with Gasteiger partial charge >= 0.3 is 0 Å². The van der Waals surface area contributed by atoms with Gasteiger partial charge in [0.2, 0.25) is 0 Å². The zero-order chi connectivity index (χ0) is 17.9. The zero-order valence-corrected chi connectivity index (χ0v) is 15.9. The third-order valence-corrected chi connectivity index (χ3v) is 5.58. The predicted octanol–water partition coefficient (Wildman–Crippen LogP) is 3.71. The molecular formula is C20H29N5O. The van der Waals surface area contributed by atoms with Crippen LogP contribution in [0.3, 0.4) is 0 Å². The van der Waals surface area contributed by atoms with Crippen LogP contribution in [0, 0.1) is 0 Å². The Kier molecular flexibility index (Phi) is 5.20. The Morgan fingerprint density at radius 2 is 1.92 bits per heavy atom. The van der Waals surface area contributed by atoms with Crippen LogP contribution in [-0.2, 0) is 0 Å². The number of nitrogens with zero attached hydrogens (tertiary/aromatic N) is 5. The second-order valence-corrected chi connectivity index (χ2v) is 7.85. The van der Waals surface area contributed by atoms with E-state index in [0.717, 1.165) is 30.3 Å². The molecule has 140 valence electrons. The molecule has 0 aliphatic carbocycles. The quantitative estimate of drug-likeness (QED) is 0.833. The Bertz CT molecular complexity index is 722. The van der Waals surface area contributed by atoms with Gasteiger partial charge in [0, 0.05) is 36.8 Å². The SMILES string of the molecule is CC(C)c1noc(-c2ccnc(N3CCCCC(N4CCCC4)C3)c2)n1. The number of hydrogen-bond acceptors (Lipinski definition) is 6. The fourth-order valence-electron chi connectivity index (χ4n) is 4.04. The second-order valence-electron chi connectivity index (χ2n) is 7.85. The normalized spacial score (nSPS) is 22.1. The van der Waals surface area contributed by atoms with E-state index in [-0.39, 0.29) is 5.92 Å². The maximum absolute atomic E-state index is 5.47. The molecule has 2 aliphatic heterocycles. The molecule has 0 bridgehead atoms. The van der Waals surface area contributed by atoms with Gasteiger partial charge in [0.1, 0.15) is 5.82 Å². The van der Waals surface area contributed by atoms with E-state index in [0.29, 0.717) is 11.9 Å². The lowest BCUT2D eigenvalue weighted by atomic mass is 10.1. The summed E-state index contributed by atoms with van der Waals surface area (Å²) in [5.41, 5.74) is 0.955. The largest absolute Gasteiger partial charge is 0.355 e. The molecule has 0 spiro atoms. The van der Waals surface area contributed by atoms with Crippen molar-refractivity contribution in [3.8, 4) is 11.5 Å². The van der Waals surface area contributed by atoms with Crippen LogP contribution in [-0.4, -0.2) is 52.2 Å². The van der Waals surface area contributed by atoms with Gasteiger partial charge < -0.3 is 9.42 Å². The van der Waals surface area contributed by atoms with E-state index in [2.05, 4.69) is 44.8 Å². The van der Waals surface area contributed by atoms with Crippen molar-refractivity contribution in [1.29, 1.82) is 0 Å². The van der Waals surface area contributed by atoms with Crippen molar-refractivity contribution in [2.75, 3.05) is 31.1 Å². The minimum absolute atomic E-state index is 0.264. The molecule has 0 aromatic carbocycles. The van der Waals surface area contributed by atoms with Gasteiger partial charge in [-0.3, -0.25) is 4.90 Å². The van der Waals surface area contributed by atoms with Crippen molar-refractivity contribution in [2.24, 2.45) is 0 Å². The third-order valence-electron chi connectivity index (χ3n) is 5.58. The minimum atomic E-state index is 0.264. The summed E-state index contributed by atoms with van der Waals surface area (Å²) in [7, 11) is 0. The Hall–Kier alpha value is -1.95. The van der Waals surface area contributed by atoms with E-state index >= 15 is 0 Å². The number of hydrogen-bond donors (Lipinski definition) is 0. The molecule has 6 nitrogen and oxygen atoms in total. The van der Waals surface area contributed by atoms with Gasteiger partial charge in [0.05, 0.1) is 0 Å². The lowest BCUT2D eigenvalue weighted by molar-refractivity contribution is 0.236. The highest BCUT2D eigenvalue weighted by Crippen LogP contribution is 2.26. The van der Waals surface area contributed by atoms with Crippen molar-refractivity contribution >= 4 is 5.82 Å². The molecule has 1 unspecified atom stereocenters. The summed E-state index contributed by atoms with van der Waals surface area (Å²) >= 11 is 0. The first kappa shape index (κ1) is 17.5. The Balaban J connectivity index is 1.54. The first-order valence-corrected chi connectivity index (χ1v) is 10.00. The fourth-order valence-corrected chi connectivity index (χ4v) is 4.04. The van der Waals surface area contributed by atoms with Gasteiger partial charge in [-0.2, -0.15) is 4.98 Å². The van der Waals surface area contributed by atoms with Crippen molar-refractivity contribution in [3.63, 3.8) is 0 Å². The molecule has 2 aromatic heterocycles. The zero-order valence-electron chi connectivity index (χ0n) is 15.9. The van der Waals surface area contributed by atoms with Crippen LogP contribution in [0.15, 0.2) is 22.9 Å². The van der Waals surface area contributed by atoms with E-state index < -0.39 is 0 Å². The lowest BCUT2D eigenvalue weighted by Gasteiger charge is -2.31. The average molecular weight is 355 g/mol. The Morgan fingerprint density at radius 1 is 1.12 bits per heavy atom. The Morgan fingerprint density at radius 3 is 2.69 bits per heavy atom. The molecule has 2 aliphatic rings. The van der Waals surface area contributed by atoms with Crippen LogP contribution >= 0.6 is 0 Å². The van der Waals surface area contributed by atoms with E-state index in [4.69, 9.17) is 4.52 Å². The summed E-state index contributed by atoms with van der Waals surface area (Å²) in [5.74, 6) is 2.63. The molecule has 26 heavy (non-hydrogen) atoms. The van der Waals surface area contributed by atoms with Crippen molar-refractivity contribution in [2.45, 2.75) is 57.9 Å². The summed E-state index contributed by atoms with van der Waals surface area (Å²) in [6, 6.07) is 4.71. The van der Waals surface area contributed by atoms with Crippen LogP contribution in [0.5, 0.6) is 0 Å². The van der Waals surface area contributed by atoms with Gasteiger partial charge in [-0.15, -0.1) is 0 Å². The fraction of sp³-hybridized carbons (Fsp3) is 0.650. The molecule has 2 saturated heterocycles. The summed E-state index contributed by atoms with van der Waals surface area (Å²) in [4.78, 5) is 14.3. The molecular weight excluding hydrogens is 326 g/mol. The van der Waals surface area contributed by atoms with E-state index in [9.17, 15) is 0 Å². The Labute approximate surface area is 155 Å². The highest BCUT2D eigenvalue weighted by molar-refractivity contribution is 5.58. The van der Waals surface area contributed by atoms with Crippen LogP contribution in [0.25, 0.3) is 11.5 Å². The smallest absolute Gasteiger partial charge is 0.258 e. The number of rotatable bonds is 4. The second kappa shape index (κ2) is 7.74. The number of pyridine rings is 1. The molecule has 2 fully saturated rings. The minimum Gasteiger partial charge on any atom is -0.355 e. The number of likely N-dealkylation sites (tertiary alicyclic amines) is 1. The molecule has 0 amide bonds. The summed E-state index contributed by atoms with van der Waals surface area (Å²) in [6.45, 7) is 8.79. The van der Waals surface area contributed by atoms with Gasteiger partial charge in [-0.1, -0.05) is 25.4 Å². The van der Waals surface area contributed by atoms with E-state index in [1.165, 1.54) is 45.2 Å². The van der Waals surface area contributed by atoms with Crippen LogP contribution < -0.4 is 4.90 Å². The van der Waals surface area contributed by atoms with Crippen LogP contribution in [0.4, 0.5) is 5.82 Å². The van der Waals surface area contributed by atoms with Crippen LogP contribution in [0.1, 0.15) is 57.7 Å². The maximum Gasteiger partial charge on any atom is 0.258 e. The first-order chi connectivity index (χ1) is 12.7. The summed E-state index contributed by atoms with van der Waals surface area (Å²) < 4.78 is 5.47. The van der Waals surface area contributed by atoms with Crippen molar-refractivity contribution in [3.05, 3.63) is 24.2 Å². The van der Waals surface area contributed by atoms with Gasteiger partial charge in [0.15, 0.2) is 5.82 Å². The third kappa shape index (κ3) is 3.75. The van der Waals surface area contributed by atoms with E-state index in [1.807, 2.05) is 12.3 Å². The van der Waals surface area contributed by atoms with Gasteiger partial charge in [-0.25, -0.2) is 4.98 Å². The monoisotopic (exact) mass is 355 g/mol. The van der Waals surface area contributed by atoms with Crippen molar-refractivity contribution < 1.29 is 4.52 Å².